The number of amides is 1. The second kappa shape index (κ2) is 10.9. The van der Waals surface area contributed by atoms with Crippen LogP contribution in [0.3, 0.4) is 0 Å². The molecule has 0 saturated carbocycles. The van der Waals surface area contributed by atoms with Crippen molar-refractivity contribution in [2.75, 3.05) is 26.2 Å². The zero-order chi connectivity index (χ0) is 24.1. The second-order valence-electron chi connectivity index (χ2n) is 10.3. The Balaban J connectivity index is 1.36. The van der Waals surface area contributed by atoms with Crippen molar-refractivity contribution in [3.8, 4) is 6.07 Å². The van der Waals surface area contributed by atoms with E-state index < -0.39 is 15.6 Å². The van der Waals surface area contributed by atoms with E-state index in [1.165, 1.54) is 18.6 Å². The molecule has 7 nitrogen and oxygen atoms in total. The van der Waals surface area contributed by atoms with Crippen molar-refractivity contribution < 1.29 is 17.9 Å². The van der Waals surface area contributed by atoms with E-state index in [1.54, 1.807) is 16.4 Å². The van der Waals surface area contributed by atoms with Crippen LogP contribution in [0.5, 0.6) is 0 Å². The molecule has 1 aromatic carbocycles. The summed E-state index contributed by atoms with van der Waals surface area (Å²) < 4.78 is 32.8. The number of nitriles is 1. The molecule has 8 heteroatoms. The molecule has 2 fully saturated rings. The van der Waals surface area contributed by atoms with Crippen molar-refractivity contribution in [2.45, 2.75) is 76.2 Å². The van der Waals surface area contributed by atoms with E-state index in [-0.39, 0.29) is 11.0 Å². The number of likely N-dealkylation sites (tertiary alicyclic amines) is 1. The number of carbonyl (C=O) groups excluding carboxylic acids is 1. The third-order valence-electron chi connectivity index (χ3n) is 6.69. The third-order valence-corrected chi connectivity index (χ3v) is 8.60. The second-order valence-corrected chi connectivity index (χ2v) is 12.3. The van der Waals surface area contributed by atoms with Crippen LogP contribution in [-0.4, -0.2) is 55.5 Å². The maximum Gasteiger partial charge on any atom is 0.410 e. The van der Waals surface area contributed by atoms with Gasteiger partial charge in [0.1, 0.15) is 5.60 Å². The molecule has 3 rings (SSSR count). The van der Waals surface area contributed by atoms with Crippen molar-refractivity contribution in [2.24, 2.45) is 11.8 Å². The summed E-state index contributed by atoms with van der Waals surface area (Å²) in [6.45, 7) is 8.33. The van der Waals surface area contributed by atoms with Crippen LogP contribution >= 0.6 is 0 Å². The number of hydrogen-bond donors (Lipinski definition) is 0. The van der Waals surface area contributed by atoms with Crippen molar-refractivity contribution in [1.82, 2.24) is 9.21 Å². The van der Waals surface area contributed by atoms with Gasteiger partial charge in [-0.15, -0.1) is 0 Å². The first kappa shape index (κ1) is 25.5. The monoisotopic (exact) mass is 475 g/mol. The van der Waals surface area contributed by atoms with Crippen molar-refractivity contribution in [1.29, 1.82) is 5.26 Å². The minimum Gasteiger partial charge on any atom is -0.444 e. The van der Waals surface area contributed by atoms with Crippen LogP contribution in [-0.2, 0) is 14.8 Å². The van der Waals surface area contributed by atoms with Crippen molar-refractivity contribution in [3.05, 3.63) is 29.8 Å². The molecule has 0 aliphatic carbocycles. The molecule has 1 aromatic rings. The molecule has 0 N–H and O–H groups in total. The lowest BCUT2D eigenvalue weighted by Crippen LogP contribution is -2.41. The predicted octanol–water partition coefficient (Wildman–Crippen LogP) is 4.78. The van der Waals surface area contributed by atoms with Crippen molar-refractivity contribution >= 4 is 16.1 Å². The molecular formula is C25H37N3O4S. The number of hydrogen-bond acceptors (Lipinski definition) is 5. The highest BCUT2D eigenvalue weighted by Gasteiger charge is 2.30. The molecule has 1 amide bonds. The summed E-state index contributed by atoms with van der Waals surface area (Å²) >= 11 is 0. The Morgan fingerprint density at radius 3 is 2.00 bits per heavy atom. The van der Waals surface area contributed by atoms with Crippen LogP contribution in [0.25, 0.3) is 0 Å². The molecule has 2 aliphatic rings. The largest absolute Gasteiger partial charge is 0.444 e. The molecule has 0 unspecified atom stereocenters. The Kier molecular flexibility index (Phi) is 8.41. The average molecular weight is 476 g/mol. The van der Waals surface area contributed by atoms with Gasteiger partial charge in [0.05, 0.1) is 16.5 Å². The lowest BCUT2D eigenvalue weighted by molar-refractivity contribution is 0.0180. The van der Waals surface area contributed by atoms with Gasteiger partial charge in [-0.05, 0) is 82.6 Å². The molecule has 0 radical (unpaired) electrons. The SMILES string of the molecule is CC(C)(C)OC(=O)N1CCC(CCCC2CCN(S(=O)(=O)c3ccc(C#N)cc3)CC2)CC1. The highest BCUT2D eigenvalue weighted by Crippen LogP contribution is 2.29. The van der Waals surface area contributed by atoms with Gasteiger partial charge in [-0.1, -0.05) is 19.3 Å². The van der Waals surface area contributed by atoms with Gasteiger partial charge in [0.25, 0.3) is 0 Å². The molecule has 2 saturated heterocycles. The lowest BCUT2D eigenvalue weighted by Gasteiger charge is -2.34. The average Bonchev–Trinajstić information content (AvgIpc) is 2.79. The van der Waals surface area contributed by atoms with Gasteiger partial charge in [-0.25, -0.2) is 13.2 Å². The minimum atomic E-state index is -3.49. The predicted molar refractivity (Wildman–Crippen MR) is 127 cm³/mol. The van der Waals surface area contributed by atoms with Gasteiger partial charge in [0.15, 0.2) is 0 Å². The smallest absolute Gasteiger partial charge is 0.410 e. The van der Waals surface area contributed by atoms with Crippen LogP contribution in [0.1, 0.15) is 71.3 Å². The number of sulfonamides is 1. The van der Waals surface area contributed by atoms with E-state index >= 15 is 0 Å². The zero-order valence-corrected chi connectivity index (χ0v) is 20.9. The molecule has 0 aromatic heterocycles. The summed E-state index contributed by atoms with van der Waals surface area (Å²) in [4.78, 5) is 14.3. The molecule has 2 aliphatic heterocycles. The Morgan fingerprint density at radius 1 is 1.00 bits per heavy atom. The Hall–Kier alpha value is -2.11. The highest BCUT2D eigenvalue weighted by atomic mass is 32.2. The van der Waals surface area contributed by atoms with Gasteiger partial charge in [-0.2, -0.15) is 9.57 Å². The quantitative estimate of drug-likeness (QED) is 0.591. The summed E-state index contributed by atoms with van der Waals surface area (Å²) in [6.07, 6.45) is 7.11. The number of benzene rings is 1. The molecule has 0 atom stereocenters. The van der Waals surface area contributed by atoms with E-state index in [9.17, 15) is 13.2 Å². The van der Waals surface area contributed by atoms with Crippen molar-refractivity contribution in [3.63, 3.8) is 0 Å². The number of carbonyl (C=O) groups is 1. The molecule has 0 bridgehead atoms. The molecule has 0 spiro atoms. The third kappa shape index (κ3) is 7.18. The molecule has 182 valence electrons. The van der Waals surface area contributed by atoms with E-state index in [2.05, 4.69) is 0 Å². The van der Waals surface area contributed by atoms with Gasteiger partial charge in [0, 0.05) is 26.2 Å². The summed E-state index contributed by atoms with van der Waals surface area (Å²) in [6, 6.07) is 8.17. The number of rotatable bonds is 6. The van der Waals surface area contributed by atoms with E-state index in [0.717, 1.165) is 51.6 Å². The van der Waals surface area contributed by atoms with Gasteiger partial charge >= 0.3 is 6.09 Å². The van der Waals surface area contributed by atoms with E-state index in [0.29, 0.717) is 30.5 Å². The standard InChI is InChI=1S/C25H37N3O4S/c1-25(2,3)32-24(29)27-15-11-20(12-16-27)5-4-6-21-13-17-28(18-14-21)33(30,31)23-9-7-22(19-26)8-10-23/h7-10,20-21H,4-6,11-18H2,1-3H3. The van der Waals surface area contributed by atoms with Gasteiger partial charge in [0.2, 0.25) is 10.0 Å². The van der Waals surface area contributed by atoms with E-state index in [1.807, 2.05) is 31.7 Å². The minimum absolute atomic E-state index is 0.205. The van der Waals surface area contributed by atoms with Crippen LogP contribution in [0.2, 0.25) is 0 Å². The Labute approximate surface area is 198 Å². The summed E-state index contributed by atoms with van der Waals surface area (Å²) in [5.41, 5.74) is 0.00776. The van der Waals surface area contributed by atoms with Crippen LogP contribution < -0.4 is 0 Å². The maximum absolute atomic E-state index is 12.9. The Bertz CT molecular complexity index is 931. The summed E-state index contributed by atoms with van der Waals surface area (Å²) in [7, 11) is -3.49. The lowest BCUT2D eigenvalue weighted by atomic mass is 9.87. The normalized spacial score (nSPS) is 19.3. The first-order valence-electron chi connectivity index (χ1n) is 12.1. The van der Waals surface area contributed by atoms with Gasteiger partial charge in [-0.3, -0.25) is 0 Å². The summed E-state index contributed by atoms with van der Waals surface area (Å²) in [5.74, 6) is 1.22. The maximum atomic E-state index is 12.9. The number of piperidine rings is 2. The zero-order valence-electron chi connectivity index (χ0n) is 20.1. The molecule has 33 heavy (non-hydrogen) atoms. The molecule has 2 heterocycles. The van der Waals surface area contributed by atoms with Gasteiger partial charge < -0.3 is 9.64 Å². The van der Waals surface area contributed by atoms with Crippen LogP contribution in [0, 0.1) is 23.2 Å². The van der Waals surface area contributed by atoms with E-state index in [4.69, 9.17) is 10.00 Å². The first-order valence-corrected chi connectivity index (χ1v) is 13.5. The fourth-order valence-corrected chi connectivity index (χ4v) is 6.18. The number of ether oxygens (including phenoxy) is 1. The first-order chi connectivity index (χ1) is 15.6. The highest BCUT2D eigenvalue weighted by molar-refractivity contribution is 7.89. The molecular weight excluding hydrogens is 438 g/mol. The summed E-state index contributed by atoms with van der Waals surface area (Å²) in [5, 5.41) is 8.90. The fourth-order valence-electron chi connectivity index (χ4n) is 4.71. The Morgan fingerprint density at radius 2 is 1.52 bits per heavy atom. The number of nitrogens with zero attached hydrogens (tertiary/aromatic N) is 3. The van der Waals surface area contributed by atoms with Crippen LogP contribution in [0.15, 0.2) is 29.2 Å². The topological polar surface area (TPSA) is 90.7 Å². The van der Waals surface area contributed by atoms with Crippen LogP contribution in [0.4, 0.5) is 4.79 Å². The fraction of sp³-hybridized carbons (Fsp3) is 0.680.